The van der Waals surface area contributed by atoms with Crippen molar-refractivity contribution in [1.82, 2.24) is 10.6 Å². The van der Waals surface area contributed by atoms with Crippen LogP contribution < -0.4 is 20.1 Å². The predicted molar refractivity (Wildman–Crippen MR) is 111 cm³/mol. The standard InChI is InChI=1S/C16H25N3O2S.HI/c1-5-9-22-10-8-18-16(17-2)19-12-13-6-7-14(20-3)11-15(13)21-4;/h5-7,11H,1,8-10,12H2,2-4H3,(H2,17,18,19);1H. The van der Waals surface area contributed by atoms with E-state index in [1.807, 2.05) is 36.0 Å². The molecule has 0 saturated carbocycles. The second-order valence-electron chi connectivity index (χ2n) is 4.39. The molecular weight excluding hydrogens is 425 g/mol. The molecule has 0 fully saturated rings. The lowest BCUT2D eigenvalue weighted by molar-refractivity contribution is 0.390. The summed E-state index contributed by atoms with van der Waals surface area (Å²) < 4.78 is 10.6. The third kappa shape index (κ3) is 8.36. The molecule has 0 radical (unpaired) electrons. The Balaban J connectivity index is 0.00000484. The van der Waals surface area contributed by atoms with Crippen molar-refractivity contribution in [2.45, 2.75) is 6.54 Å². The van der Waals surface area contributed by atoms with Gasteiger partial charge in [-0.15, -0.1) is 30.6 Å². The van der Waals surface area contributed by atoms with Crippen LogP contribution in [0.25, 0.3) is 0 Å². The van der Waals surface area contributed by atoms with Crippen LogP contribution in [0.4, 0.5) is 0 Å². The number of benzene rings is 1. The summed E-state index contributed by atoms with van der Waals surface area (Å²) in [4.78, 5) is 4.21. The molecule has 0 aromatic heterocycles. The van der Waals surface area contributed by atoms with Crippen molar-refractivity contribution in [2.24, 2.45) is 4.99 Å². The SMILES string of the molecule is C=CCSCCNC(=NC)NCc1ccc(OC)cc1OC.I. The van der Waals surface area contributed by atoms with Crippen molar-refractivity contribution >= 4 is 41.7 Å². The number of ether oxygens (including phenoxy) is 2. The van der Waals surface area contributed by atoms with E-state index in [1.54, 1.807) is 21.3 Å². The topological polar surface area (TPSA) is 54.9 Å². The molecule has 130 valence electrons. The van der Waals surface area contributed by atoms with Gasteiger partial charge in [0.2, 0.25) is 0 Å². The van der Waals surface area contributed by atoms with Gasteiger partial charge < -0.3 is 20.1 Å². The van der Waals surface area contributed by atoms with Crippen LogP contribution in [0.3, 0.4) is 0 Å². The number of guanidine groups is 1. The van der Waals surface area contributed by atoms with Crippen molar-refractivity contribution in [1.29, 1.82) is 0 Å². The first kappa shape index (κ1) is 21.9. The zero-order chi connectivity index (χ0) is 16.2. The van der Waals surface area contributed by atoms with E-state index in [0.717, 1.165) is 41.1 Å². The van der Waals surface area contributed by atoms with Crippen molar-refractivity contribution in [3.8, 4) is 11.5 Å². The molecule has 1 rings (SSSR count). The maximum atomic E-state index is 5.39. The Hall–Kier alpha value is -1.09. The Morgan fingerprint density at radius 1 is 1.30 bits per heavy atom. The first-order valence-corrected chi connectivity index (χ1v) is 8.24. The van der Waals surface area contributed by atoms with Crippen molar-refractivity contribution in [2.75, 3.05) is 39.3 Å². The van der Waals surface area contributed by atoms with Gasteiger partial charge in [0, 0.05) is 43.3 Å². The van der Waals surface area contributed by atoms with Crippen LogP contribution in [0.15, 0.2) is 35.8 Å². The molecule has 0 aliphatic heterocycles. The summed E-state index contributed by atoms with van der Waals surface area (Å²) in [6, 6.07) is 5.78. The van der Waals surface area contributed by atoms with Gasteiger partial charge in [-0.1, -0.05) is 6.08 Å². The van der Waals surface area contributed by atoms with E-state index < -0.39 is 0 Å². The molecule has 0 aliphatic carbocycles. The molecular formula is C16H26IN3O2S. The van der Waals surface area contributed by atoms with E-state index in [0.29, 0.717) is 6.54 Å². The molecule has 0 bridgehead atoms. The van der Waals surface area contributed by atoms with Crippen LogP contribution in [-0.4, -0.2) is 45.3 Å². The first-order valence-electron chi connectivity index (χ1n) is 7.09. The van der Waals surface area contributed by atoms with Gasteiger partial charge in [0.25, 0.3) is 0 Å². The number of thioether (sulfide) groups is 1. The minimum absolute atomic E-state index is 0. The van der Waals surface area contributed by atoms with Crippen LogP contribution >= 0.6 is 35.7 Å². The summed E-state index contributed by atoms with van der Waals surface area (Å²) in [6.07, 6.45) is 1.91. The average Bonchev–Trinajstić information content (AvgIpc) is 2.57. The van der Waals surface area contributed by atoms with E-state index >= 15 is 0 Å². The first-order chi connectivity index (χ1) is 10.7. The summed E-state index contributed by atoms with van der Waals surface area (Å²) in [7, 11) is 5.06. The van der Waals surface area contributed by atoms with Gasteiger partial charge >= 0.3 is 0 Å². The number of hydrogen-bond donors (Lipinski definition) is 2. The molecule has 1 aromatic carbocycles. The molecule has 0 spiro atoms. The Kier molecular flexibility index (Phi) is 12.7. The molecule has 0 aliphatic rings. The van der Waals surface area contributed by atoms with Gasteiger partial charge in [-0.3, -0.25) is 4.99 Å². The molecule has 5 nitrogen and oxygen atoms in total. The molecule has 0 heterocycles. The highest BCUT2D eigenvalue weighted by molar-refractivity contribution is 14.0. The minimum atomic E-state index is 0. The molecule has 0 unspecified atom stereocenters. The maximum Gasteiger partial charge on any atom is 0.191 e. The highest BCUT2D eigenvalue weighted by Gasteiger charge is 2.06. The predicted octanol–water partition coefficient (Wildman–Crippen LogP) is 2.91. The Morgan fingerprint density at radius 2 is 2.09 bits per heavy atom. The van der Waals surface area contributed by atoms with Gasteiger partial charge in [-0.05, 0) is 12.1 Å². The van der Waals surface area contributed by atoms with Crippen LogP contribution in [-0.2, 0) is 6.54 Å². The number of hydrogen-bond acceptors (Lipinski definition) is 4. The normalized spacial score (nSPS) is 10.5. The summed E-state index contributed by atoms with van der Waals surface area (Å²) in [6.45, 7) is 5.19. The van der Waals surface area contributed by atoms with Gasteiger partial charge in [0.05, 0.1) is 14.2 Å². The highest BCUT2D eigenvalue weighted by atomic mass is 127. The van der Waals surface area contributed by atoms with E-state index in [-0.39, 0.29) is 24.0 Å². The smallest absolute Gasteiger partial charge is 0.191 e. The summed E-state index contributed by atoms with van der Waals surface area (Å²) in [5, 5.41) is 6.55. The van der Waals surface area contributed by atoms with Crippen LogP contribution in [0.5, 0.6) is 11.5 Å². The number of halogens is 1. The Bertz CT molecular complexity index is 498. The summed E-state index contributed by atoms with van der Waals surface area (Å²) in [5.74, 6) is 4.33. The second-order valence-corrected chi connectivity index (χ2v) is 5.54. The van der Waals surface area contributed by atoms with E-state index in [1.165, 1.54) is 0 Å². The number of nitrogens with zero attached hydrogens (tertiary/aromatic N) is 1. The molecule has 23 heavy (non-hydrogen) atoms. The molecule has 7 heteroatoms. The monoisotopic (exact) mass is 451 g/mol. The number of aliphatic imine (C=N–C) groups is 1. The average molecular weight is 451 g/mol. The van der Waals surface area contributed by atoms with E-state index in [2.05, 4.69) is 22.2 Å². The lowest BCUT2D eigenvalue weighted by atomic mass is 10.2. The molecule has 0 saturated heterocycles. The lowest BCUT2D eigenvalue weighted by Gasteiger charge is -2.14. The van der Waals surface area contributed by atoms with Crippen molar-refractivity contribution < 1.29 is 9.47 Å². The van der Waals surface area contributed by atoms with E-state index in [9.17, 15) is 0 Å². The fourth-order valence-corrected chi connectivity index (χ4v) is 2.39. The largest absolute Gasteiger partial charge is 0.497 e. The van der Waals surface area contributed by atoms with Crippen molar-refractivity contribution in [3.05, 3.63) is 36.4 Å². The fraction of sp³-hybridized carbons (Fsp3) is 0.438. The van der Waals surface area contributed by atoms with Crippen LogP contribution in [0, 0.1) is 0 Å². The Morgan fingerprint density at radius 3 is 2.70 bits per heavy atom. The number of rotatable bonds is 9. The molecule has 1 aromatic rings. The van der Waals surface area contributed by atoms with Gasteiger partial charge in [0.15, 0.2) is 5.96 Å². The second kappa shape index (κ2) is 13.4. The zero-order valence-electron chi connectivity index (χ0n) is 13.9. The zero-order valence-corrected chi connectivity index (χ0v) is 17.1. The quantitative estimate of drug-likeness (QED) is 0.199. The van der Waals surface area contributed by atoms with Crippen LogP contribution in [0.1, 0.15) is 5.56 Å². The third-order valence-electron chi connectivity index (χ3n) is 2.94. The Labute approximate surface area is 160 Å². The van der Waals surface area contributed by atoms with E-state index in [4.69, 9.17) is 9.47 Å². The molecule has 0 atom stereocenters. The highest BCUT2D eigenvalue weighted by Crippen LogP contribution is 2.24. The summed E-state index contributed by atoms with van der Waals surface area (Å²) >= 11 is 1.83. The summed E-state index contributed by atoms with van der Waals surface area (Å²) in [5.41, 5.74) is 1.05. The molecule has 2 N–H and O–H groups in total. The van der Waals surface area contributed by atoms with Gasteiger partial charge in [-0.25, -0.2) is 0 Å². The van der Waals surface area contributed by atoms with Gasteiger partial charge in [-0.2, -0.15) is 11.8 Å². The fourth-order valence-electron chi connectivity index (χ4n) is 1.81. The molecule has 0 amide bonds. The third-order valence-corrected chi connectivity index (χ3v) is 3.90. The van der Waals surface area contributed by atoms with Crippen LogP contribution in [0.2, 0.25) is 0 Å². The minimum Gasteiger partial charge on any atom is -0.497 e. The van der Waals surface area contributed by atoms with Crippen molar-refractivity contribution in [3.63, 3.8) is 0 Å². The number of nitrogens with one attached hydrogen (secondary N) is 2. The maximum absolute atomic E-state index is 5.39. The lowest BCUT2D eigenvalue weighted by Crippen LogP contribution is -2.38. The number of methoxy groups -OCH3 is 2. The van der Waals surface area contributed by atoms with Gasteiger partial charge in [0.1, 0.15) is 11.5 Å².